The molecule has 4 fully saturated rings. The lowest BCUT2D eigenvalue weighted by molar-refractivity contribution is -0.191. The molecular weight excluding hydrogens is 714 g/mol. The number of carbonyl (C=O) groups excluding carboxylic acids is 6. The van der Waals surface area contributed by atoms with Crippen molar-refractivity contribution in [3.05, 3.63) is 36.0 Å². The van der Waals surface area contributed by atoms with Crippen LogP contribution in [-0.2, 0) is 52.6 Å². The lowest BCUT2D eigenvalue weighted by atomic mass is 9.84. The van der Waals surface area contributed by atoms with Crippen molar-refractivity contribution in [2.45, 2.75) is 154 Å². The number of epoxide rings is 1. The number of unbranched alkanes of at least 4 members (excludes halogenated alkanes) is 1. The van der Waals surface area contributed by atoms with E-state index in [9.17, 15) is 33.9 Å². The molecule has 1 unspecified atom stereocenters. The van der Waals surface area contributed by atoms with E-state index in [4.69, 9.17) is 23.8 Å². The molecule has 0 radical (unpaired) electrons. The van der Waals surface area contributed by atoms with E-state index < -0.39 is 53.7 Å². The van der Waals surface area contributed by atoms with E-state index in [1.54, 1.807) is 6.92 Å². The van der Waals surface area contributed by atoms with Crippen LogP contribution in [0.5, 0.6) is 0 Å². The Kier molecular flexibility index (Phi) is 16.3. The average Bonchev–Trinajstić information content (AvgIpc) is 3.65. The summed E-state index contributed by atoms with van der Waals surface area (Å²) in [5.41, 5.74) is 0.192. The molecular formula is C40H59N3O12. The van der Waals surface area contributed by atoms with Crippen LogP contribution in [0, 0.1) is 11.8 Å². The summed E-state index contributed by atoms with van der Waals surface area (Å²) < 4.78 is 23.4. The average molecular weight is 774 g/mol. The van der Waals surface area contributed by atoms with Gasteiger partial charge >= 0.3 is 5.97 Å². The smallest absolute Gasteiger partial charge is 0.303 e. The van der Waals surface area contributed by atoms with E-state index in [-0.39, 0.29) is 68.0 Å². The molecule has 11 atom stereocenters. The monoisotopic (exact) mass is 773 g/mol. The first-order valence-corrected chi connectivity index (χ1v) is 19.5. The van der Waals surface area contributed by atoms with Crippen LogP contribution in [0.1, 0.15) is 99.3 Å². The van der Waals surface area contributed by atoms with Crippen molar-refractivity contribution in [1.82, 2.24) is 15.7 Å². The third-order valence-electron chi connectivity index (χ3n) is 10.7. The first-order valence-electron chi connectivity index (χ1n) is 19.5. The van der Waals surface area contributed by atoms with E-state index >= 15 is 0 Å². The number of hydroxylamine groups is 2. The molecule has 4 aliphatic rings. The van der Waals surface area contributed by atoms with E-state index in [1.807, 2.05) is 32.9 Å². The van der Waals surface area contributed by atoms with Crippen LogP contribution < -0.4 is 10.6 Å². The third-order valence-corrected chi connectivity index (χ3v) is 10.7. The van der Waals surface area contributed by atoms with E-state index in [0.717, 1.165) is 23.3 Å². The number of aldehydes is 1. The number of rotatable bonds is 19. The van der Waals surface area contributed by atoms with Gasteiger partial charge in [0.15, 0.2) is 0 Å². The predicted octanol–water partition coefficient (Wildman–Crippen LogP) is 2.93. The maximum Gasteiger partial charge on any atom is 0.303 e. The summed E-state index contributed by atoms with van der Waals surface area (Å²) in [6.07, 6.45) is 10.4. The minimum absolute atomic E-state index is 0.0476. The molecule has 3 N–H and O–H groups in total. The second-order valence-electron chi connectivity index (χ2n) is 15.3. The van der Waals surface area contributed by atoms with E-state index in [0.29, 0.717) is 38.6 Å². The summed E-state index contributed by atoms with van der Waals surface area (Å²) >= 11 is 0. The number of aliphatic hydroxyl groups excluding tert-OH is 1. The Bertz CT molecular complexity index is 1460. The van der Waals surface area contributed by atoms with Crippen LogP contribution in [0.4, 0.5) is 0 Å². The van der Waals surface area contributed by atoms with Crippen LogP contribution in [0.2, 0.25) is 0 Å². The molecule has 15 heteroatoms. The number of nitrogens with one attached hydrogen (secondary N) is 2. The number of hydrogen-bond acceptors (Lipinski definition) is 12. The van der Waals surface area contributed by atoms with Crippen molar-refractivity contribution in [2.24, 2.45) is 11.8 Å². The zero-order valence-electron chi connectivity index (χ0n) is 32.9. The first kappa shape index (κ1) is 44.0. The largest absolute Gasteiger partial charge is 0.459 e. The van der Waals surface area contributed by atoms with Gasteiger partial charge in [-0.3, -0.25) is 28.8 Å². The molecule has 4 amide bonds. The van der Waals surface area contributed by atoms with E-state index in [2.05, 4.69) is 23.6 Å². The fourth-order valence-corrected chi connectivity index (χ4v) is 7.37. The summed E-state index contributed by atoms with van der Waals surface area (Å²) in [4.78, 5) is 76.6. The maximum atomic E-state index is 12.9. The number of esters is 1. The van der Waals surface area contributed by atoms with Gasteiger partial charge in [-0.25, -0.2) is 0 Å². The van der Waals surface area contributed by atoms with Crippen molar-refractivity contribution in [3.63, 3.8) is 0 Å². The minimum atomic E-state index is -0.892. The van der Waals surface area contributed by atoms with Crippen LogP contribution in [0.15, 0.2) is 36.0 Å². The van der Waals surface area contributed by atoms with Gasteiger partial charge in [0, 0.05) is 44.7 Å². The molecule has 306 valence electrons. The molecule has 15 nitrogen and oxygen atoms in total. The van der Waals surface area contributed by atoms with Gasteiger partial charge in [-0.05, 0) is 65.4 Å². The van der Waals surface area contributed by atoms with Crippen molar-refractivity contribution in [1.29, 1.82) is 0 Å². The SMILES string of the molecule is CC(=O)O[C@@H](C)/C=C\C(=O)N[C@@H]1C[C@H](C)[C@H](C/C=C(C)/C=C/[C@H]2O[C@H](CC(=O)NCCCCC(C=O)CON3C(=O)CCC3=O)C[C@]3(O[C@@H]3C)[C@@H]2O)O[C@@H]1C. The fourth-order valence-electron chi connectivity index (χ4n) is 7.37. The minimum Gasteiger partial charge on any atom is -0.459 e. The van der Waals surface area contributed by atoms with Gasteiger partial charge in [-0.1, -0.05) is 37.1 Å². The van der Waals surface area contributed by atoms with Crippen LogP contribution >= 0.6 is 0 Å². The highest BCUT2D eigenvalue weighted by Gasteiger charge is 2.64. The Morgan fingerprint density at radius 2 is 1.78 bits per heavy atom. The molecule has 0 saturated carbocycles. The lowest BCUT2D eigenvalue weighted by Gasteiger charge is -2.39. The van der Waals surface area contributed by atoms with Crippen LogP contribution in [0.25, 0.3) is 0 Å². The molecule has 4 aliphatic heterocycles. The number of amides is 4. The lowest BCUT2D eigenvalue weighted by Crippen LogP contribution is -2.51. The Hall–Kier alpha value is -3.76. The van der Waals surface area contributed by atoms with Gasteiger partial charge in [0.25, 0.3) is 11.8 Å². The number of hydrogen-bond donors (Lipinski definition) is 3. The maximum absolute atomic E-state index is 12.9. The topological polar surface area (TPSA) is 199 Å². The second kappa shape index (κ2) is 20.4. The highest BCUT2D eigenvalue weighted by atomic mass is 16.7. The van der Waals surface area contributed by atoms with Gasteiger partial charge in [-0.2, -0.15) is 5.06 Å². The molecule has 1 spiro atoms. The van der Waals surface area contributed by atoms with Crippen molar-refractivity contribution >= 4 is 35.9 Å². The Morgan fingerprint density at radius 3 is 2.44 bits per heavy atom. The Morgan fingerprint density at radius 1 is 1.07 bits per heavy atom. The fraction of sp³-hybridized carbons (Fsp3) is 0.700. The molecule has 4 saturated heterocycles. The number of allylic oxidation sites excluding steroid dienone is 2. The van der Waals surface area contributed by atoms with Crippen molar-refractivity contribution in [3.8, 4) is 0 Å². The molecule has 55 heavy (non-hydrogen) atoms. The molecule has 0 aromatic heterocycles. The molecule has 0 aromatic rings. The highest BCUT2D eigenvalue weighted by molar-refractivity contribution is 6.00. The number of carbonyl (C=O) groups is 6. The summed E-state index contributed by atoms with van der Waals surface area (Å²) in [7, 11) is 0. The van der Waals surface area contributed by atoms with Crippen molar-refractivity contribution < 1.29 is 57.7 Å². The third kappa shape index (κ3) is 12.9. The van der Waals surface area contributed by atoms with Crippen LogP contribution in [-0.4, -0.2) is 114 Å². The summed E-state index contributed by atoms with van der Waals surface area (Å²) in [6, 6.07) is -0.160. The summed E-state index contributed by atoms with van der Waals surface area (Å²) in [6.45, 7) is 11.3. The quantitative estimate of drug-likeness (QED) is 0.0331. The zero-order chi connectivity index (χ0) is 40.3. The van der Waals surface area contributed by atoms with Crippen LogP contribution in [0.3, 0.4) is 0 Å². The number of imide groups is 1. The van der Waals surface area contributed by atoms with Crippen molar-refractivity contribution in [2.75, 3.05) is 13.2 Å². The molecule has 0 aromatic carbocycles. The Balaban J connectivity index is 1.19. The Labute approximate surface area is 323 Å². The normalized spacial score (nSPS) is 32.2. The first-order chi connectivity index (χ1) is 26.1. The number of nitrogens with zero attached hydrogens (tertiary/aromatic N) is 1. The van der Waals surface area contributed by atoms with E-state index in [1.165, 1.54) is 19.1 Å². The standard InChI is InChI=1S/C40H59N3O12/c1-24(10-13-33-25(2)19-32(27(4)53-33)42-35(46)15-12-26(3)52-29(6)45)11-14-34-39(50)40(28(5)55-40)21-31(54-34)20-36(47)41-18-8-7-9-30(22-44)23-51-43-37(48)16-17-38(43)49/h10-12,14-15,22,25-28,30-34,39,50H,7-9,13,16-21,23H2,1-6H3,(H,41,47)(H,42,46)/b14-11+,15-12-,24-10+/t25-,26-,27+,28+,30?,31+,32+,33-,34+,39+,40+/m0/s1. The van der Waals surface area contributed by atoms with Gasteiger partial charge in [-0.15, -0.1) is 0 Å². The highest BCUT2D eigenvalue weighted by Crippen LogP contribution is 2.49. The van der Waals surface area contributed by atoms with Gasteiger partial charge in [0.1, 0.15) is 30.2 Å². The van der Waals surface area contributed by atoms with Gasteiger partial charge < -0.3 is 39.5 Å². The molecule has 0 bridgehead atoms. The number of aliphatic hydroxyl groups is 1. The second-order valence-corrected chi connectivity index (χ2v) is 15.3. The molecule has 4 rings (SSSR count). The zero-order valence-corrected chi connectivity index (χ0v) is 32.9. The van der Waals surface area contributed by atoms with Gasteiger partial charge in [0.05, 0.1) is 43.5 Å². The van der Waals surface area contributed by atoms with Gasteiger partial charge in [0.2, 0.25) is 11.8 Å². The summed E-state index contributed by atoms with van der Waals surface area (Å²) in [5.74, 6) is -1.96. The summed E-state index contributed by atoms with van der Waals surface area (Å²) in [5, 5.41) is 17.9. The molecule has 0 aliphatic carbocycles. The molecule has 4 heterocycles. The number of ether oxygens (including phenoxy) is 4. The predicted molar refractivity (Wildman–Crippen MR) is 199 cm³/mol.